The standard InChI is InChI=1S/C9H19NO/c1-7(2)10-5-4-9(11)8(3)6-10/h7-9,11H,4-6H2,1-3H3/t8-,9-/m1/s1. The fourth-order valence-electron chi connectivity index (χ4n) is 1.63. The Hall–Kier alpha value is -0.0800. The van der Waals surface area contributed by atoms with E-state index in [2.05, 4.69) is 25.7 Å². The second-order valence-electron chi connectivity index (χ2n) is 3.92. The van der Waals surface area contributed by atoms with E-state index in [1.807, 2.05) is 0 Å². The second-order valence-corrected chi connectivity index (χ2v) is 3.92. The van der Waals surface area contributed by atoms with Crippen LogP contribution >= 0.6 is 0 Å². The Kier molecular flexibility index (Phi) is 2.90. The highest BCUT2D eigenvalue weighted by molar-refractivity contribution is 4.78. The predicted octanol–water partition coefficient (Wildman–Crippen LogP) is 1.10. The SMILES string of the molecule is CC(C)N1CC[C@@H](O)[C@H](C)C1. The van der Waals surface area contributed by atoms with E-state index in [0.29, 0.717) is 12.0 Å². The maximum Gasteiger partial charge on any atom is 0.0590 e. The third-order valence-electron chi connectivity index (χ3n) is 2.62. The van der Waals surface area contributed by atoms with Crippen molar-refractivity contribution < 1.29 is 5.11 Å². The van der Waals surface area contributed by atoms with Gasteiger partial charge in [-0.3, -0.25) is 0 Å². The van der Waals surface area contributed by atoms with Crippen LogP contribution < -0.4 is 0 Å². The summed E-state index contributed by atoms with van der Waals surface area (Å²) in [5, 5.41) is 9.45. The van der Waals surface area contributed by atoms with Crippen molar-refractivity contribution in [1.29, 1.82) is 0 Å². The lowest BCUT2D eigenvalue weighted by Gasteiger charge is -2.36. The molecule has 0 radical (unpaired) electrons. The molecule has 1 saturated heterocycles. The zero-order valence-electron chi connectivity index (χ0n) is 7.75. The first-order valence-electron chi connectivity index (χ1n) is 4.53. The minimum atomic E-state index is -0.0648. The Morgan fingerprint density at radius 1 is 1.45 bits per heavy atom. The molecular formula is C9H19NO. The van der Waals surface area contributed by atoms with Crippen molar-refractivity contribution >= 4 is 0 Å². The van der Waals surface area contributed by atoms with Gasteiger partial charge in [0, 0.05) is 19.1 Å². The van der Waals surface area contributed by atoms with Gasteiger partial charge in [0.1, 0.15) is 0 Å². The molecule has 1 rings (SSSR count). The van der Waals surface area contributed by atoms with Gasteiger partial charge in [-0.2, -0.15) is 0 Å². The number of likely N-dealkylation sites (tertiary alicyclic amines) is 1. The van der Waals surface area contributed by atoms with E-state index in [1.165, 1.54) is 0 Å². The third-order valence-corrected chi connectivity index (χ3v) is 2.62. The van der Waals surface area contributed by atoms with Gasteiger partial charge < -0.3 is 10.0 Å². The van der Waals surface area contributed by atoms with Crippen molar-refractivity contribution in [3.05, 3.63) is 0 Å². The number of aliphatic hydroxyl groups is 1. The molecule has 0 aromatic heterocycles. The summed E-state index contributed by atoms with van der Waals surface area (Å²) in [6.07, 6.45) is 0.879. The first kappa shape index (κ1) is 9.01. The fourth-order valence-corrected chi connectivity index (χ4v) is 1.63. The lowest BCUT2D eigenvalue weighted by Crippen LogP contribution is -2.44. The number of rotatable bonds is 1. The lowest BCUT2D eigenvalue weighted by molar-refractivity contribution is 0.0233. The molecule has 0 amide bonds. The molecule has 2 heteroatoms. The fraction of sp³-hybridized carbons (Fsp3) is 1.00. The summed E-state index contributed by atoms with van der Waals surface area (Å²) in [7, 11) is 0. The van der Waals surface area contributed by atoms with Gasteiger partial charge in [0.15, 0.2) is 0 Å². The highest BCUT2D eigenvalue weighted by atomic mass is 16.3. The van der Waals surface area contributed by atoms with Gasteiger partial charge in [-0.05, 0) is 26.2 Å². The molecule has 1 aliphatic heterocycles. The molecule has 0 unspecified atom stereocenters. The van der Waals surface area contributed by atoms with E-state index in [-0.39, 0.29) is 6.10 Å². The number of hydrogen-bond donors (Lipinski definition) is 1. The molecule has 0 bridgehead atoms. The second kappa shape index (κ2) is 3.55. The van der Waals surface area contributed by atoms with Crippen molar-refractivity contribution in [2.45, 2.75) is 39.3 Å². The summed E-state index contributed by atoms with van der Waals surface area (Å²) in [6, 6.07) is 0.630. The number of hydrogen-bond acceptors (Lipinski definition) is 2. The smallest absolute Gasteiger partial charge is 0.0590 e. The van der Waals surface area contributed by atoms with Gasteiger partial charge in [-0.15, -0.1) is 0 Å². The Morgan fingerprint density at radius 3 is 2.55 bits per heavy atom. The first-order valence-corrected chi connectivity index (χ1v) is 4.53. The van der Waals surface area contributed by atoms with Crippen LogP contribution in [0.15, 0.2) is 0 Å². The van der Waals surface area contributed by atoms with Crippen LogP contribution in [0, 0.1) is 5.92 Å². The van der Waals surface area contributed by atoms with Crippen LogP contribution in [0.2, 0.25) is 0 Å². The van der Waals surface area contributed by atoms with Crippen molar-refractivity contribution in [1.82, 2.24) is 4.90 Å². The van der Waals surface area contributed by atoms with Crippen LogP contribution in [-0.4, -0.2) is 35.2 Å². The third kappa shape index (κ3) is 2.17. The zero-order valence-corrected chi connectivity index (χ0v) is 7.75. The minimum Gasteiger partial charge on any atom is -0.393 e. The summed E-state index contributed by atoms with van der Waals surface area (Å²) < 4.78 is 0. The molecule has 66 valence electrons. The number of aliphatic hydroxyl groups excluding tert-OH is 1. The molecule has 1 N–H and O–H groups in total. The van der Waals surface area contributed by atoms with Crippen molar-refractivity contribution in [2.75, 3.05) is 13.1 Å². The highest BCUT2D eigenvalue weighted by Gasteiger charge is 2.24. The average Bonchev–Trinajstić information content (AvgIpc) is 1.94. The summed E-state index contributed by atoms with van der Waals surface area (Å²) in [5.41, 5.74) is 0. The largest absolute Gasteiger partial charge is 0.393 e. The van der Waals surface area contributed by atoms with Crippen molar-refractivity contribution in [3.8, 4) is 0 Å². The lowest BCUT2D eigenvalue weighted by atomic mass is 9.96. The van der Waals surface area contributed by atoms with Gasteiger partial charge in [0.05, 0.1) is 6.10 Å². The quantitative estimate of drug-likeness (QED) is 0.616. The molecule has 0 aromatic carbocycles. The van der Waals surface area contributed by atoms with Crippen LogP contribution in [-0.2, 0) is 0 Å². The van der Waals surface area contributed by atoms with Gasteiger partial charge in [-0.25, -0.2) is 0 Å². The predicted molar refractivity (Wildman–Crippen MR) is 46.5 cm³/mol. The first-order chi connectivity index (χ1) is 5.11. The Balaban J connectivity index is 2.40. The Morgan fingerprint density at radius 2 is 2.09 bits per heavy atom. The zero-order chi connectivity index (χ0) is 8.43. The summed E-state index contributed by atoms with van der Waals surface area (Å²) in [4.78, 5) is 2.43. The van der Waals surface area contributed by atoms with E-state index in [4.69, 9.17) is 0 Å². The maximum absolute atomic E-state index is 9.45. The molecular weight excluding hydrogens is 138 g/mol. The van der Waals surface area contributed by atoms with Crippen LogP contribution in [0.3, 0.4) is 0 Å². The molecule has 0 saturated carbocycles. The molecule has 0 spiro atoms. The molecule has 1 heterocycles. The van der Waals surface area contributed by atoms with Crippen LogP contribution in [0.5, 0.6) is 0 Å². The maximum atomic E-state index is 9.45. The van der Waals surface area contributed by atoms with Gasteiger partial charge >= 0.3 is 0 Å². The van der Waals surface area contributed by atoms with E-state index in [9.17, 15) is 5.11 Å². The van der Waals surface area contributed by atoms with E-state index < -0.39 is 0 Å². The molecule has 11 heavy (non-hydrogen) atoms. The van der Waals surface area contributed by atoms with Crippen LogP contribution in [0.4, 0.5) is 0 Å². The molecule has 1 aliphatic rings. The Bertz CT molecular complexity index is 125. The summed E-state index contributed by atoms with van der Waals surface area (Å²) in [5.74, 6) is 0.450. The topological polar surface area (TPSA) is 23.5 Å². The number of piperidine rings is 1. The summed E-state index contributed by atoms with van der Waals surface area (Å²) >= 11 is 0. The van der Waals surface area contributed by atoms with E-state index in [0.717, 1.165) is 19.5 Å². The van der Waals surface area contributed by atoms with E-state index >= 15 is 0 Å². The van der Waals surface area contributed by atoms with Crippen LogP contribution in [0.25, 0.3) is 0 Å². The average molecular weight is 157 g/mol. The van der Waals surface area contributed by atoms with Gasteiger partial charge in [0.25, 0.3) is 0 Å². The molecule has 0 aliphatic carbocycles. The molecule has 1 fully saturated rings. The Labute approximate surface area is 69.2 Å². The highest BCUT2D eigenvalue weighted by Crippen LogP contribution is 2.17. The normalized spacial score (nSPS) is 34.6. The van der Waals surface area contributed by atoms with E-state index in [1.54, 1.807) is 0 Å². The van der Waals surface area contributed by atoms with Crippen molar-refractivity contribution in [2.24, 2.45) is 5.92 Å². The summed E-state index contributed by atoms with van der Waals surface area (Å²) in [6.45, 7) is 8.66. The monoisotopic (exact) mass is 157 g/mol. The molecule has 2 atom stereocenters. The van der Waals surface area contributed by atoms with Crippen molar-refractivity contribution in [3.63, 3.8) is 0 Å². The van der Waals surface area contributed by atoms with Crippen LogP contribution in [0.1, 0.15) is 27.2 Å². The minimum absolute atomic E-state index is 0.0648. The van der Waals surface area contributed by atoms with Gasteiger partial charge in [0.2, 0.25) is 0 Å². The molecule has 0 aromatic rings. The molecule has 2 nitrogen and oxygen atoms in total. The van der Waals surface area contributed by atoms with Gasteiger partial charge in [-0.1, -0.05) is 6.92 Å². The number of nitrogens with zero attached hydrogens (tertiary/aromatic N) is 1.